The molecule has 0 bridgehead atoms. The first-order valence-electron chi connectivity index (χ1n) is 10.2. The number of anilines is 2. The fraction of sp³-hybridized carbons (Fsp3) is 0.435. The standard InChI is InChI=1S/C23H32N2O4/c1-3-4-5-6-14-28-21-12-10-19(11-13-21)25-23(26)18-24-20-8-7-9-22(17-20)29-16-15-27-2/h7-13,17,24H,3-6,14-16,18H2,1-2H3,(H,25,26). The quantitative estimate of drug-likeness (QED) is 0.449. The first kappa shape index (κ1) is 22.6. The molecule has 2 aromatic carbocycles. The van der Waals surface area contributed by atoms with Crippen LogP contribution in [0.3, 0.4) is 0 Å². The van der Waals surface area contributed by atoms with Crippen LogP contribution in [0.2, 0.25) is 0 Å². The molecule has 0 aromatic heterocycles. The average Bonchev–Trinajstić information content (AvgIpc) is 2.74. The van der Waals surface area contributed by atoms with Crippen molar-refractivity contribution < 1.29 is 19.0 Å². The molecule has 0 aliphatic carbocycles. The molecule has 158 valence electrons. The maximum Gasteiger partial charge on any atom is 0.243 e. The van der Waals surface area contributed by atoms with Gasteiger partial charge in [-0.15, -0.1) is 0 Å². The van der Waals surface area contributed by atoms with E-state index in [0.29, 0.717) is 13.2 Å². The number of benzene rings is 2. The molecule has 0 spiro atoms. The van der Waals surface area contributed by atoms with Gasteiger partial charge < -0.3 is 24.8 Å². The van der Waals surface area contributed by atoms with Crippen molar-refractivity contribution in [1.29, 1.82) is 0 Å². The van der Waals surface area contributed by atoms with Gasteiger partial charge in [0.05, 0.1) is 19.8 Å². The first-order chi connectivity index (χ1) is 14.2. The SMILES string of the molecule is CCCCCCOc1ccc(NC(=O)CNc2cccc(OCCOC)c2)cc1. The highest BCUT2D eigenvalue weighted by Crippen LogP contribution is 2.18. The van der Waals surface area contributed by atoms with E-state index in [1.165, 1.54) is 19.3 Å². The van der Waals surface area contributed by atoms with E-state index in [4.69, 9.17) is 14.2 Å². The van der Waals surface area contributed by atoms with Crippen molar-refractivity contribution in [2.45, 2.75) is 32.6 Å². The van der Waals surface area contributed by atoms with Crippen LogP contribution >= 0.6 is 0 Å². The molecule has 6 heteroatoms. The number of ether oxygens (including phenoxy) is 3. The minimum absolute atomic E-state index is 0.121. The van der Waals surface area contributed by atoms with Crippen LogP contribution in [0, 0.1) is 0 Å². The van der Waals surface area contributed by atoms with Gasteiger partial charge in [0.1, 0.15) is 18.1 Å². The van der Waals surface area contributed by atoms with Gasteiger partial charge in [-0.3, -0.25) is 4.79 Å². The Labute approximate surface area is 173 Å². The molecule has 0 radical (unpaired) electrons. The van der Waals surface area contributed by atoms with E-state index in [-0.39, 0.29) is 12.5 Å². The number of carbonyl (C=O) groups excluding carboxylic acids is 1. The number of methoxy groups -OCH3 is 1. The van der Waals surface area contributed by atoms with Gasteiger partial charge in [-0.2, -0.15) is 0 Å². The highest BCUT2D eigenvalue weighted by molar-refractivity contribution is 5.93. The molecular weight excluding hydrogens is 368 g/mol. The number of hydrogen-bond donors (Lipinski definition) is 2. The summed E-state index contributed by atoms with van der Waals surface area (Å²) in [5.41, 5.74) is 1.56. The van der Waals surface area contributed by atoms with E-state index in [9.17, 15) is 4.79 Å². The van der Waals surface area contributed by atoms with Gasteiger partial charge in [0, 0.05) is 24.6 Å². The van der Waals surface area contributed by atoms with E-state index < -0.39 is 0 Å². The molecule has 2 N–H and O–H groups in total. The first-order valence-corrected chi connectivity index (χ1v) is 10.2. The molecule has 0 aliphatic heterocycles. The van der Waals surface area contributed by atoms with Crippen LogP contribution < -0.4 is 20.1 Å². The van der Waals surface area contributed by atoms with Crippen molar-refractivity contribution >= 4 is 17.3 Å². The molecule has 0 aliphatic rings. The molecule has 0 saturated carbocycles. The van der Waals surface area contributed by atoms with E-state index in [1.807, 2.05) is 48.5 Å². The van der Waals surface area contributed by atoms with Crippen molar-refractivity contribution in [2.75, 3.05) is 44.1 Å². The lowest BCUT2D eigenvalue weighted by Gasteiger charge is -2.11. The number of carbonyl (C=O) groups is 1. The molecule has 2 rings (SSSR count). The van der Waals surface area contributed by atoms with Gasteiger partial charge in [0.25, 0.3) is 0 Å². The Kier molecular flexibility index (Phi) is 10.5. The predicted molar refractivity (Wildman–Crippen MR) is 117 cm³/mol. The van der Waals surface area contributed by atoms with Crippen LogP contribution in [-0.2, 0) is 9.53 Å². The van der Waals surface area contributed by atoms with Crippen LogP contribution in [0.5, 0.6) is 11.5 Å². The second-order valence-electron chi connectivity index (χ2n) is 6.70. The topological polar surface area (TPSA) is 68.8 Å². The number of nitrogens with one attached hydrogen (secondary N) is 2. The summed E-state index contributed by atoms with van der Waals surface area (Å²) in [6.07, 6.45) is 4.72. The highest BCUT2D eigenvalue weighted by Gasteiger charge is 2.04. The molecule has 6 nitrogen and oxygen atoms in total. The lowest BCUT2D eigenvalue weighted by atomic mass is 10.2. The molecule has 0 unspecified atom stereocenters. The second kappa shape index (κ2) is 13.4. The normalized spacial score (nSPS) is 10.4. The van der Waals surface area contributed by atoms with E-state index in [2.05, 4.69) is 17.6 Å². The van der Waals surface area contributed by atoms with Crippen molar-refractivity contribution in [1.82, 2.24) is 0 Å². The summed E-state index contributed by atoms with van der Waals surface area (Å²) in [7, 11) is 1.63. The van der Waals surface area contributed by atoms with Gasteiger partial charge in [0.15, 0.2) is 0 Å². The highest BCUT2D eigenvalue weighted by atomic mass is 16.5. The van der Waals surface area contributed by atoms with Crippen molar-refractivity contribution in [3.05, 3.63) is 48.5 Å². The zero-order chi connectivity index (χ0) is 20.7. The van der Waals surface area contributed by atoms with Gasteiger partial charge >= 0.3 is 0 Å². The van der Waals surface area contributed by atoms with E-state index >= 15 is 0 Å². The zero-order valence-electron chi connectivity index (χ0n) is 17.4. The minimum atomic E-state index is -0.121. The Hall–Kier alpha value is -2.73. The van der Waals surface area contributed by atoms with E-state index in [0.717, 1.165) is 35.9 Å². The maximum absolute atomic E-state index is 12.2. The number of rotatable bonds is 14. The number of amides is 1. The van der Waals surface area contributed by atoms with Crippen molar-refractivity contribution in [2.24, 2.45) is 0 Å². The number of unbranched alkanes of at least 4 members (excludes halogenated alkanes) is 3. The lowest BCUT2D eigenvalue weighted by Crippen LogP contribution is -2.21. The van der Waals surface area contributed by atoms with Crippen LogP contribution in [0.1, 0.15) is 32.6 Å². The summed E-state index contributed by atoms with van der Waals surface area (Å²) in [6.45, 7) is 4.10. The smallest absolute Gasteiger partial charge is 0.243 e. The predicted octanol–water partition coefficient (Wildman–Crippen LogP) is 4.72. The summed E-state index contributed by atoms with van der Waals surface area (Å²) in [4.78, 5) is 12.2. The Morgan fingerprint density at radius 3 is 2.41 bits per heavy atom. The molecule has 0 heterocycles. The Bertz CT molecular complexity index is 719. The third kappa shape index (κ3) is 9.34. The molecule has 0 atom stereocenters. The molecular formula is C23H32N2O4. The van der Waals surface area contributed by atoms with Crippen molar-refractivity contribution in [3.8, 4) is 11.5 Å². The Morgan fingerprint density at radius 2 is 1.66 bits per heavy atom. The van der Waals surface area contributed by atoms with Gasteiger partial charge in [0.2, 0.25) is 5.91 Å². The lowest BCUT2D eigenvalue weighted by molar-refractivity contribution is -0.114. The maximum atomic E-state index is 12.2. The molecule has 1 amide bonds. The monoisotopic (exact) mass is 400 g/mol. The van der Waals surface area contributed by atoms with Gasteiger partial charge in [-0.05, 0) is 42.8 Å². The third-order valence-corrected chi connectivity index (χ3v) is 4.25. The summed E-state index contributed by atoms with van der Waals surface area (Å²) in [5, 5.41) is 5.98. The Balaban J connectivity index is 1.71. The zero-order valence-corrected chi connectivity index (χ0v) is 17.4. The van der Waals surface area contributed by atoms with Crippen LogP contribution in [0.4, 0.5) is 11.4 Å². The molecule has 2 aromatic rings. The average molecular weight is 401 g/mol. The fourth-order valence-corrected chi connectivity index (χ4v) is 2.68. The molecule has 29 heavy (non-hydrogen) atoms. The van der Waals surface area contributed by atoms with Crippen molar-refractivity contribution in [3.63, 3.8) is 0 Å². The van der Waals surface area contributed by atoms with Gasteiger partial charge in [-0.25, -0.2) is 0 Å². The summed E-state index contributed by atoms with van der Waals surface area (Å²) < 4.78 is 16.3. The number of hydrogen-bond acceptors (Lipinski definition) is 5. The van der Waals surface area contributed by atoms with Crippen LogP contribution in [-0.4, -0.2) is 39.4 Å². The summed E-state index contributed by atoms with van der Waals surface area (Å²) in [5.74, 6) is 1.43. The fourth-order valence-electron chi connectivity index (χ4n) is 2.68. The third-order valence-electron chi connectivity index (χ3n) is 4.25. The largest absolute Gasteiger partial charge is 0.494 e. The molecule has 0 saturated heterocycles. The molecule has 0 fully saturated rings. The van der Waals surface area contributed by atoms with Crippen LogP contribution in [0.15, 0.2) is 48.5 Å². The minimum Gasteiger partial charge on any atom is -0.494 e. The van der Waals surface area contributed by atoms with E-state index in [1.54, 1.807) is 7.11 Å². The van der Waals surface area contributed by atoms with Gasteiger partial charge in [-0.1, -0.05) is 32.3 Å². The Morgan fingerprint density at radius 1 is 0.862 bits per heavy atom. The summed E-state index contributed by atoms with van der Waals surface area (Å²) in [6, 6.07) is 15.0. The summed E-state index contributed by atoms with van der Waals surface area (Å²) >= 11 is 0. The van der Waals surface area contributed by atoms with Crippen LogP contribution in [0.25, 0.3) is 0 Å². The second-order valence-corrected chi connectivity index (χ2v) is 6.70.